The van der Waals surface area contributed by atoms with Crippen molar-refractivity contribution < 1.29 is 0 Å². The summed E-state index contributed by atoms with van der Waals surface area (Å²) < 4.78 is 0. The summed E-state index contributed by atoms with van der Waals surface area (Å²) in [7, 11) is 5.97. The first-order valence-electron chi connectivity index (χ1n) is 15.2. The summed E-state index contributed by atoms with van der Waals surface area (Å²) in [5.74, 6) is 2.50. The van der Waals surface area contributed by atoms with Gasteiger partial charge in [-0.25, -0.2) is 0 Å². The van der Waals surface area contributed by atoms with Gasteiger partial charge in [-0.1, -0.05) is 106 Å². The molecule has 5 rings (SSSR count). The third-order valence-corrected chi connectivity index (χ3v) is 9.86. The van der Waals surface area contributed by atoms with Crippen molar-refractivity contribution in [3.05, 3.63) is 95.1 Å². The fraction of sp³-hybridized carbons (Fsp3) is 0.556. The van der Waals surface area contributed by atoms with E-state index >= 15 is 0 Å². The number of nitrogens with zero attached hydrogens (tertiary/aromatic N) is 1. The Bertz CT molecular complexity index is 1120. The van der Waals surface area contributed by atoms with E-state index in [1.54, 1.807) is 5.57 Å². The molecule has 0 saturated carbocycles. The molecule has 7 atom stereocenters. The van der Waals surface area contributed by atoms with E-state index in [4.69, 9.17) is 7.85 Å². The Kier molecular flexibility index (Phi) is 8.39. The van der Waals surface area contributed by atoms with Crippen LogP contribution in [0.1, 0.15) is 79.6 Å². The molecule has 2 heteroatoms. The van der Waals surface area contributed by atoms with Crippen molar-refractivity contribution in [1.29, 1.82) is 0 Å². The lowest BCUT2D eigenvalue weighted by atomic mass is 9.75. The highest BCUT2D eigenvalue weighted by Crippen LogP contribution is 2.39. The van der Waals surface area contributed by atoms with Gasteiger partial charge in [-0.05, 0) is 86.2 Å². The van der Waals surface area contributed by atoms with Gasteiger partial charge in [-0.3, -0.25) is 4.90 Å². The van der Waals surface area contributed by atoms with Crippen LogP contribution in [0.4, 0.5) is 0 Å². The molecule has 200 valence electrons. The summed E-state index contributed by atoms with van der Waals surface area (Å²) in [5, 5.41) is 0. The van der Waals surface area contributed by atoms with Gasteiger partial charge >= 0.3 is 0 Å². The molecule has 2 radical (unpaired) electrons. The van der Waals surface area contributed by atoms with E-state index in [0.29, 0.717) is 35.9 Å². The third kappa shape index (κ3) is 6.22. The van der Waals surface area contributed by atoms with Crippen LogP contribution in [0.2, 0.25) is 0 Å². The highest BCUT2D eigenvalue weighted by molar-refractivity contribution is 6.23. The van der Waals surface area contributed by atoms with Gasteiger partial charge in [0.15, 0.2) is 0 Å². The number of hydrogen-bond donors (Lipinski definition) is 0. The van der Waals surface area contributed by atoms with E-state index in [9.17, 15) is 0 Å². The largest absolute Gasteiger partial charge is 0.284 e. The van der Waals surface area contributed by atoms with Crippen molar-refractivity contribution in [2.75, 3.05) is 0 Å². The van der Waals surface area contributed by atoms with Crippen LogP contribution >= 0.6 is 0 Å². The Labute approximate surface area is 234 Å². The molecule has 7 unspecified atom stereocenters. The normalized spacial score (nSPS) is 35.6. The van der Waals surface area contributed by atoms with Gasteiger partial charge in [-0.15, -0.1) is 5.47 Å². The second kappa shape index (κ2) is 11.6. The lowest BCUT2D eigenvalue weighted by Gasteiger charge is -2.45. The second-order valence-corrected chi connectivity index (χ2v) is 13.5. The minimum absolute atomic E-state index is 0.248. The van der Waals surface area contributed by atoms with E-state index in [-0.39, 0.29) is 5.41 Å². The van der Waals surface area contributed by atoms with Crippen LogP contribution in [0, 0.1) is 29.1 Å². The molecule has 0 amide bonds. The molecule has 0 aliphatic heterocycles. The summed E-state index contributed by atoms with van der Waals surface area (Å²) >= 11 is 0. The Morgan fingerprint density at radius 2 is 1.55 bits per heavy atom. The zero-order valence-electron chi connectivity index (χ0n) is 24.4. The van der Waals surface area contributed by atoms with Crippen molar-refractivity contribution in [2.45, 2.75) is 97.7 Å². The topological polar surface area (TPSA) is 3.24 Å². The minimum Gasteiger partial charge on any atom is -0.284 e. The molecule has 0 aromatic carbocycles. The lowest BCUT2D eigenvalue weighted by Crippen LogP contribution is -2.49. The molecule has 38 heavy (non-hydrogen) atoms. The van der Waals surface area contributed by atoms with Gasteiger partial charge in [0.1, 0.15) is 7.85 Å². The van der Waals surface area contributed by atoms with E-state index in [1.807, 2.05) is 0 Å². The number of hydrogen-bond acceptors (Lipinski definition) is 1. The first kappa shape index (κ1) is 27.5. The fourth-order valence-corrected chi connectivity index (χ4v) is 7.12. The molecule has 0 aromatic heterocycles. The number of rotatable bonds is 5. The number of allylic oxidation sites excluding steroid dienone is 12. The average Bonchev–Trinajstić information content (AvgIpc) is 2.92. The average molecular weight is 506 g/mol. The summed E-state index contributed by atoms with van der Waals surface area (Å²) in [6.45, 7) is 11.7. The van der Waals surface area contributed by atoms with Crippen LogP contribution in [-0.2, 0) is 0 Å². The fourth-order valence-electron chi connectivity index (χ4n) is 7.12. The zero-order valence-corrected chi connectivity index (χ0v) is 24.4. The van der Waals surface area contributed by atoms with Gasteiger partial charge in [0.2, 0.25) is 0 Å². The van der Waals surface area contributed by atoms with Crippen molar-refractivity contribution in [1.82, 2.24) is 4.90 Å². The first-order valence-corrected chi connectivity index (χ1v) is 15.2. The van der Waals surface area contributed by atoms with Crippen LogP contribution < -0.4 is 0 Å². The van der Waals surface area contributed by atoms with Gasteiger partial charge in [0, 0.05) is 24.0 Å². The standard InChI is InChI=1S/C36H48BN/c1-25-6-19-35(24-26(25)2)38(34-22-13-30(14-23-34)28-9-17-32(37)18-10-28)33-20-11-29(12-21-33)27-7-15-31(16-8-27)36(3,4)5/h7,9,11,13-18,20,22,24-25,27-29,33-35H,6,8,10,12,19,21,23H2,1-5H3. The quantitative estimate of drug-likeness (QED) is 0.267. The Morgan fingerprint density at radius 3 is 2.13 bits per heavy atom. The maximum Gasteiger partial charge on any atom is 0.113 e. The summed E-state index contributed by atoms with van der Waals surface area (Å²) in [5.41, 5.74) is 5.67. The molecule has 1 nitrogen and oxygen atoms in total. The van der Waals surface area contributed by atoms with E-state index in [2.05, 4.69) is 112 Å². The van der Waals surface area contributed by atoms with Crippen molar-refractivity contribution >= 4 is 7.85 Å². The van der Waals surface area contributed by atoms with E-state index < -0.39 is 0 Å². The molecular formula is C36H48BN. The van der Waals surface area contributed by atoms with Crippen LogP contribution in [-0.4, -0.2) is 30.9 Å². The van der Waals surface area contributed by atoms with Crippen LogP contribution in [0.15, 0.2) is 95.1 Å². The predicted octanol–water partition coefficient (Wildman–Crippen LogP) is 8.80. The molecule has 5 aliphatic carbocycles. The second-order valence-electron chi connectivity index (χ2n) is 13.5. The highest BCUT2D eigenvalue weighted by atomic mass is 15.2. The summed E-state index contributed by atoms with van der Waals surface area (Å²) in [4.78, 5) is 2.87. The molecule has 0 fully saturated rings. The first-order chi connectivity index (χ1) is 18.2. The van der Waals surface area contributed by atoms with Gasteiger partial charge in [-0.2, -0.15) is 0 Å². The molecule has 0 heterocycles. The zero-order chi connectivity index (χ0) is 26.9. The van der Waals surface area contributed by atoms with Crippen LogP contribution in [0.25, 0.3) is 0 Å². The van der Waals surface area contributed by atoms with Crippen LogP contribution in [0.3, 0.4) is 0 Å². The summed E-state index contributed by atoms with van der Waals surface area (Å²) in [6, 6.07) is 1.52. The third-order valence-electron chi connectivity index (χ3n) is 9.86. The SMILES string of the molecule is [B]C1=CCC(C2=CCC(N(C3C=C(C)C(C)CC3)C3C=CC(C4C=CC(C(C)(C)C)=CC4)CC3)C=C2)C=C1. The smallest absolute Gasteiger partial charge is 0.113 e. The maximum absolute atomic E-state index is 5.97. The van der Waals surface area contributed by atoms with Gasteiger partial charge in [0.05, 0.1) is 0 Å². The minimum atomic E-state index is 0.248. The lowest BCUT2D eigenvalue weighted by molar-refractivity contribution is 0.119. The Balaban J connectivity index is 1.30. The van der Waals surface area contributed by atoms with Crippen molar-refractivity contribution in [2.24, 2.45) is 29.1 Å². The highest BCUT2D eigenvalue weighted by Gasteiger charge is 2.35. The van der Waals surface area contributed by atoms with Crippen LogP contribution in [0.5, 0.6) is 0 Å². The van der Waals surface area contributed by atoms with Crippen molar-refractivity contribution in [3.8, 4) is 0 Å². The Hall–Kier alpha value is -2.06. The predicted molar refractivity (Wildman–Crippen MR) is 165 cm³/mol. The monoisotopic (exact) mass is 505 g/mol. The van der Waals surface area contributed by atoms with E-state index in [0.717, 1.165) is 24.2 Å². The molecule has 0 spiro atoms. The molecule has 0 saturated heterocycles. The van der Waals surface area contributed by atoms with E-state index in [1.165, 1.54) is 43.3 Å². The molecule has 0 N–H and O–H groups in total. The molecule has 0 aromatic rings. The molecule has 5 aliphatic rings. The van der Waals surface area contributed by atoms with Crippen molar-refractivity contribution in [3.63, 3.8) is 0 Å². The molecular weight excluding hydrogens is 457 g/mol. The summed E-state index contributed by atoms with van der Waals surface area (Å²) in [6.07, 6.45) is 37.5. The molecule has 0 bridgehead atoms. The van der Waals surface area contributed by atoms with Gasteiger partial charge in [0.25, 0.3) is 0 Å². The van der Waals surface area contributed by atoms with Gasteiger partial charge < -0.3 is 0 Å². The maximum atomic E-state index is 5.97. The Morgan fingerprint density at radius 1 is 0.737 bits per heavy atom.